The third-order valence-electron chi connectivity index (χ3n) is 1.95. The Kier molecular flexibility index (Phi) is 5.15. The standard InChI is InChI=1S/C12H18O3/c1-10-3-5-12(6-4-10)15-11(2)9-14-8-7-13/h3-6,11,13H,7-9H2,1-2H3. The summed E-state index contributed by atoms with van der Waals surface area (Å²) in [6, 6.07) is 7.91. The van der Waals surface area contributed by atoms with Gasteiger partial charge in [-0.25, -0.2) is 0 Å². The summed E-state index contributed by atoms with van der Waals surface area (Å²) < 4.78 is 10.8. The molecule has 3 heteroatoms. The summed E-state index contributed by atoms with van der Waals surface area (Å²) in [7, 11) is 0. The molecule has 1 aromatic rings. The van der Waals surface area contributed by atoms with E-state index in [0.717, 1.165) is 5.75 Å². The highest BCUT2D eigenvalue weighted by Crippen LogP contribution is 2.13. The summed E-state index contributed by atoms with van der Waals surface area (Å²) in [6.45, 7) is 4.89. The van der Waals surface area contributed by atoms with Crippen LogP contribution in [-0.4, -0.2) is 31.0 Å². The molecule has 3 nitrogen and oxygen atoms in total. The quantitative estimate of drug-likeness (QED) is 0.727. The topological polar surface area (TPSA) is 38.7 Å². The van der Waals surface area contributed by atoms with Crippen LogP contribution in [0.2, 0.25) is 0 Å². The zero-order chi connectivity index (χ0) is 11.1. The van der Waals surface area contributed by atoms with Crippen LogP contribution in [0.3, 0.4) is 0 Å². The van der Waals surface area contributed by atoms with Gasteiger partial charge in [0.15, 0.2) is 0 Å². The number of aliphatic hydroxyl groups excluding tert-OH is 1. The number of ether oxygens (including phenoxy) is 2. The third-order valence-corrected chi connectivity index (χ3v) is 1.95. The summed E-state index contributed by atoms with van der Waals surface area (Å²) in [4.78, 5) is 0. The highest BCUT2D eigenvalue weighted by atomic mass is 16.5. The van der Waals surface area contributed by atoms with Crippen molar-refractivity contribution in [3.05, 3.63) is 29.8 Å². The van der Waals surface area contributed by atoms with Crippen LogP contribution >= 0.6 is 0 Å². The molecular weight excluding hydrogens is 192 g/mol. The van der Waals surface area contributed by atoms with E-state index in [1.807, 2.05) is 38.1 Å². The molecule has 0 saturated carbocycles. The van der Waals surface area contributed by atoms with Crippen LogP contribution in [0, 0.1) is 6.92 Å². The molecule has 0 aliphatic heterocycles. The van der Waals surface area contributed by atoms with E-state index >= 15 is 0 Å². The molecule has 1 unspecified atom stereocenters. The number of benzene rings is 1. The van der Waals surface area contributed by atoms with Crippen molar-refractivity contribution in [1.29, 1.82) is 0 Å². The van der Waals surface area contributed by atoms with Gasteiger partial charge in [0, 0.05) is 0 Å². The SMILES string of the molecule is Cc1ccc(OC(C)COCCO)cc1. The zero-order valence-electron chi connectivity index (χ0n) is 9.27. The lowest BCUT2D eigenvalue weighted by Crippen LogP contribution is -2.20. The van der Waals surface area contributed by atoms with E-state index in [2.05, 4.69) is 0 Å². The molecule has 84 valence electrons. The fraction of sp³-hybridized carbons (Fsp3) is 0.500. The second-order valence-corrected chi connectivity index (χ2v) is 3.54. The number of rotatable bonds is 6. The Bertz CT molecular complexity index is 269. The number of aryl methyl sites for hydroxylation is 1. The van der Waals surface area contributed by atoms with Gasteiger partial charge in [0.2, 0.25) is 0 Å². The molecule has 0 fully saturated rings. The second-order valence-electron chi connectivity index (χ2n) is 3.54. The molecule has 1 aromatic carbocycles. The number of aliphatic hydroxyl groups is 1. The molecule has 1 rings (SSSR count). The Hall–Kier alpha value is -1.06. The van der Waals surface area contributed by atoms with Crippen LogP contribution in [-0.2, 0) is 4.74 Å². The van der Waals surface area contributed by atoms with Gasteiger partial charge in [-0.1, -0.05) is 17.7 Å². The molecule has 0 spiro atoms. The van der Waals surface area contributed by atoms with Crippen LogP contribution in [0.5, 0.6) is 5.75 Å². The van der Waals surface area contributed by atoms with Gasteiger partial charge in [-0.3, -0.25) is 0 Å². The predicted octanol–water partition coefficient (Wildman–Crippen LogP) is 1.77. The molecule has 1 atom stereocenters. The molecular formula is C12H18O3. The largest absolute Gasteiger partial charge is 0.488 e. The Morgan fingerprint density at radius 3 is 2.53 bits per heavy atom. The van der Waals surface area contributed by atoms with E-state index in [9.17, 15) is 0 Å². The minimum absolute atomic E-state index is 0.000689. The summed E-state index contributed by atoms with van der Waals surface area (Å²) in [5.41, 5.74) is 1.21. The van der Waals surface area contributed by atoms with Crippen molar-refractivity contribution < 1.29 is 14.6 Å². The van der Waals surface area contributed by atoms with E-state index < -0.39 is 0 Å². The maximum Gasteiger partial charge on any atom is 0.119 e. The first-order valence-electron chi connectivity index (χ1n) is 5.14. The Morgan fingerprint density at radius 2 is 1.93 bits per heavy atom. The summed E-state index contributed by atoms with van der Waals surface area (Å²) in [5, 5.41) is 8.53. The van der Waals surface area contributed by atoms with Gasteiger partial charge < -0.3 is 14.6 Å². The lowest BCUT2D eigenvalue weighted by molar-refractivity contribution is 0.0391. The minimum Gasteiger partial charge on any atom is -0.488 e. The minimum atomic E-state index is -0.000689. The Labute approximate surface area is 90.6 Å². The normalized spacial score (nSPS) is 12.5. The molecule has 15 heavy (non-hydrogen) atoms. The first kappa shape index (κ1) is 12.0. The van der Waals surface area contributed by atoms with E-state index in [0.29, 0.717) is 13.2 Å². The molecule has 0 aliphatic carbocycles. The second kappa shape index (κ2) is 6.43. The first-order valence-corrected chi connectivity index (χ1v) is 5.14. The van der Waals surface area contributed by atoms with E-state index in [1.165, 1.54) is 5.56 Å². The summed E-state index contributed by atoms with van der Waals surface area (Å²) in [5.74, 6) is 0.848. The van der Waals surface area contributed by atoms with E-state index in [-0.39, 0.29) is 12.7 Å². The summed E-state index contributed by atoms with van der Waals surface area (Å²) >= 11 is 0. The highest BCUT2D eigenvalue weighted by molar-refractivity contribution is 5.26. The van der Waals surface area contributed by atoms with Crippen LogP contribution < -0.4 is 4.74 Å². The number of hydrogen-bond acceptors (Lipinski definition) is 3. The van der Waals surface area contributed by atoms with Gasteiger partial charge in [0.05, 0.1) is 19.8 Å². The van der Waals surface area contributed by atoms with Crippen molar-refractivity contribution in [2.75, 3.05) is 19.8 Å². The zero-order valence-corrected chi connectivity index (χ0v) is 9.27. The van der Waals surface area contributed by atoms with Gasteiger partial charge in [0.25, 0.3) is 0 Å². The van der Waals surface area contributed by atoms with Crippen molar-refractivity contribution in [3.8, 4) is 5.75 Å². The monoisotopic (exact) mass is 210 g/mol. The van der Waals surface area contributed by atoms with Gasteiger partial charge in [-0.2, -0.15) is 0 Å². The number of hydrogen-bond donors (Lipinski definition) is 1. The van der Waals surface area contributed by atoms with Crippen molar-refractivity contribution >= 4 is 0 Å². The molecule has 1 N–H and O–H groups in total. The van der Waals surface area contributed by atoms with Crippen molar-refractivity contribution in [2.24, 2.45) is 0 Å². The third kappa shape index (κ3) is 4.81. The molecule has 0 aromatic heterocycles. The van der Waals surface area contributed by atoms with Crippen molar-refractivity contribution in [3.63, 3.8) is 0 Å². The maximum atomic E-state index is 8.53. The fourth-order valence-corrected chi connectivity index (χ4v) is 1.20. The molecule has 0 radical (unpaired) electrons. The molecule has 0 aliphatic rings. The summed E-state index contributed by atoms with van der Waals surface area (Å²) in [6.07, 6.45) is -0.000689. The van der Waals surface area contributed by atoms with Crippen LogP contribution in [0.25, 0.3) is 0 Å². The van der Waals surface area contributed by atoms with Crippen LogP contribution in [0.15, 0.2) is 24.3 Å². The molecule has 0 heterocycles. The van der Waals surface area contributed by atoms with E-state index in [1.54, 1.807) is 0 Å². The van der Waals surface area contributed by atoms with Crippen molar-refractivity contribution in [1.82, 2.24) is 0 Å². The predicted molar refractivity (Wildman–Crippen MR) is 59.2 cm³/mol. The molecule has 0 amide bonds. The van der Waals surface area contributed by atoms with E-state index in [4.69, 9.17) is 14.6 Å². The van der Waals surface area contributed by atoms with Crippen molar-refractivity contribution in [2.45, 2.75) is 20.0 Å². The van der Waals surface area contributed by atoms with Gasteiger partial charge in [0.1, 0.15) is 11.9 Å². The highest BCUT2D eigenvalue weighted by Gasteiger charge is 2.03. The van der Waals surface area contributed by atoms with Gasteiger partial charge in [-0.15, -0.1) is 0 Å². The molecule has 0 saturated heterocycles. The fourth-order valence-electron chi connectivity index (χ4n) is 1.20. The first-order chi connectivity index (χ1) is 7.22. The average Bonchev–Trinajstić information content (AvgIpc) is 2.22. The van der Waals surface area contributed by atoms with Gasteiger partial charge >= 0.3 is 0 Å². The smallest absolute Gasteiger partial charge is 0.119 e. The van der Waals surface area contributed by atoms with Gasteiger partial charge in [-0.05, 0) is 26.0 Å². The van der Waals surface area contributed by atoms with Crippen LogP contribution in [0.4, 0.5) is 0 Å². The van der Waals surface area contributed by atoms with Crippen LogP contribution in [0.1, 0.15) is 12.5 Å². The average molecular weight is 210 g/mol. The Balaban J connectivity index is 2.31. The lowest BCUT2D eigenvalue weighted by atomic mass is 10.2. The lowest BCUT2D eigenvalue weighted by Gasteiger charge is -2.14. The Morgan fingerprint density at radius 1 is 1.27 bits per heavy atom. The maximum absolute atomic E-state index is 8.53. The molecule has 0 bridgehead atoms.